The normalized spacial score (nSPS) is 29.3. The van der Waals surface area contributed by atoms with Crippen molar-refractivity contribution in [1.29, 1.82) is 0 Å². The summed E-state index contributed by atoms with van der Waals surface area (Å²) < 4.78 is 5.32. The van der Waals surface area contributed by atoms with Gasteiger partial charge in [-0.15, -0.1) is 0 Å². The van der Waals surface area contributed by atoms with E-state index in [1.165, 1.54) is 0 Å². The summed E-state index contributed by atoms with van der Waals surface area (Å²) in [5.74, 6) is 0.739. The van der Waals surface area contributed by atoms with Crippen LogP contribution in [0.25, 0.3) is 0 Å². The number of carbonyl (C=O) groups is 1. The highest BCUT2D eigenvalue weighted by molar-refractivity contribution is 5.76. The number of ether oxygens (including phenoxy) is 1. The van der Waals surface area contributed by atoms with Gasteiger partial charge in [-0.2, -0.15) is 0 Å². The summed E-state index contributed by atoms with van der Waals surface area (Å²) in [6.07, 6.45) is 3.07. The summed E-state index contributed by atoms with van der Waals surface area (Å²) in [7, 11) is 0. The first-order valence-corrected chi connectivity index (χ1v) is 7.02. The summed E-state index contributed by atoms with van der Waals surface area (Å²) in [6, 6.07) is 0. The van der Waals surface area contributed by atoms with Crippen LogP contribution in [0.5, 0.6) is 0 Å². The third kappa shape index (κ3) is 3.23. The van der Waals surface area contributed by atoms with E-state index in [1.54, 1.807) is 0 Å². The van der Waals surface area contributed by atoms with Gasteiger partial charge in [-0.3, -0.25) is 4.79 Å². The van der Waals surface area contributed by atoms with Crippen LogP contribution in [0.2, 0.25) is 0 Å². The molecule has 104 valence electrons. The molecule has 1 atom stereocenters. The second-order valence-corrected chi connectivity index (χ2v) is 6.37. The van der Waals surface area contributed by atoms with E-state index in [-0.39, 0.29) is 17.4 Å². The van der Waals surface area contributed by atoms with Gasteiger partial charge >= 0.3 is 0 Å². The highest BCUT2D eigenvalue weighted by Gasteiger charge is 2.36. The van der Waals surface area contributed by atoms with Gasteiger partial charge in [0.15, 0.2) is 0 Å². The molecule has 0 spiro atoms. The number of hydrogen-bond donors (Lipinski definition) is 1. The highest BCUT2D eigenvalue weighted by atomic mass is 16.5. The van der Waals surface area contributed by atoms with E-state index in [9.17, 15) is 9.90 Å². The Kier molecular flexibility index (Phi) is 4.28. The Hall–Kier alpha value is -0.610. The summed E-state index contributed by atoms with van der Waals surface area (Å²) in [5.41, 5.74) is -0.177. The number of piperidine rings is 1. The molecule has 2 fully saturated rings. The van der Waals surface area contributed by atoms with Crippen LogP contribution in [0.15, 0.2) is 0 Å². The minimum absolute atomic E-state index is 0.177. The van der Waals surface area contributed by atoms with Crippen LogP contribution in [0.1, 0.15) is 39.5 Å². The number of rotatable bonds is 2. The zero-order valence-corrected chi connectivity index (χ0v) is 11.5. The van der Waals surface area contributed by atoms with Crippen molar-refractivity contribution in [2.45, 2.75) is 45.6 Å². The van der Waals surface area contributed by atoms with Gasteiger partial charge in [-0.05, 0) is 25.2 Å². The number of likely N-dealkylation sites (tertiary alicyclic amines) is 1. The third-order valence-electron chi connectivity index (χ3n) is 4.33. The summed E-state index contributed by atoms with van der Waals surface area (Å²) in [6.45, 7) is 7.03. The monoisotopic (exact) mass is 255 g/mol. The lowest BCUT2D eigenvalue weighted by atomic mass is 9.81. The van der Waals surface area contributed by atoms with E-state index < -0.39 is 0 Å². The second-order valence-electron chi connectivity index (χ2n) is 6.37. The first-order valence-electron chi connectivity index (χ1n) is 7.02. The fourth-order valence-corrected chi connectivity index (χ4v) is 2.88. The smallest absolute Gasteiger partial charge is 0.222 e. The van der Waals surface area contributed by atoms with Crippen molar-refractivity contribution in [2.24, 2.45) is 11.3 Å². The Bertz CT molecular complexity index is 297. The molecule has 1 N–H and O–H groups in total. The maximum absolute atomic E-state index is 12.3. The molecular formula is C14H25NO3. The molecule has 4 heteroatoms. The topological polar surface area (TPSA) is 49.8 Å². The van der Waals surface area contributed by atoms with Gasteiger partial charge in [0, 0.05) is 38.1 Å². The van der Waals surface area contributed by atoms with Crippen LogP contribution in [0.4, 0.5) is 0 Å². The molecule has 2 heterocycles. The van der Waals surface area contributed by atoms with E-state index >= 15 is 0 Å². The van der Waals surface area contributed by atoms with Gasteiger partial charge in [0.2, 0.25) is 5.91 Å². The minimum Gasteiger partial charge on any atom is -0.392 e. The number of aliphatic hydroxyl groups is 1. The quantitative estimate of drug-likeness (QED) is 0.812. The molecule has 18 heavy (non-hydrogen) atoms. The predicted octanol–water partition coefficient (Wildman–Crippen LogP) is 1.42. The molecule has 2 saturated heterocycles. The van der Waals surface area contributed by atoms with Gasteiger partial charge in [0.25, 0.3) is 0 Å². The second kappa shape index (κ2) is 5.57. The molecule has 0 aromatic heterocycles. The van der Waals surface area contributed by atoms with Crippen LogP contribution < -0.4 is 0 Å². The molecule has 0 bridgehead atoms. The maximum Gasteiger partial charge on any atom is 0.222 e. The van der Waals surface area contributed by atoms with E-state index in [0.29, 0.717) is 31.8 Å². The molecule has 2 aliphatic rings. The van der Waals surface area contributed by atoms with Crippen molar-refractivity contribution in [3.63, 3.8) is 0 Å². The van der Waals surface area contributed by atoms with Gasteiger partial charge in [-0.25, -0.2) is 0 Å². The minimum atomic E-state index is -0.287. The molecule has 0 aromatic carbocycles. The molecule has 2 aliphatic heterocycles. The molecule has 0 aromatic rings. The van der Waals surface area contributed by atoms with Crippen LogP contribution in [0, 0.1) is 11.3 Å². The van der Waals surface area contributed by atoms with Crippen molar-refractivity contribution in [3.8, 4) is 0 Å². The van der Waals surface area contributed by atoms with Crippen LogP contribution >= 0.6 is 0 Å². The summed E-state index contributed by atoms with van der Waals surface area (Å²) >= 11 is 0. The van der Waals surface area contributed by atoms with Gasteiger partial charge in [0.1, 0.15) is 0 Å². The molecule has 0 saturated carbocycles. The average Bonchev–Trinajstić information content (AvgIpc) is 2.34. The lowest BCUT2D eigenvalue weighted by Crippen LogP contribution is -2.51. The number of amides is 1. The lowest BCUT2D eigenvalue weighted by Gasteiger charge is -2.42. The average molecular weight is 255 g/mol. The third-order valence-corrected chi connectivity index (χ3v) is 4.33. The zero-order chi connectivity index (χ0) is 13.2. The van der Waals surface area contributed by atoms with Crippen LogP contribution in [-0.4, -0.2) is 48.3 Å². The molecule has 4 nitrogen and oxygen atoms in total. The number of nitrogens with zero attached hydrogens (tertiary/aromatic N) is 1. The highest BCUT2D eigenvalue weighted by Crippen LogP contribution is 2.30. The zero-order valence-electron chi connectivity index (χ0n) is 11.5. The van der Waals surface area contributed by atoms with Crippen molar-refractivity contribution < 1.29 is 14.6 Å². The van der Waals surface area contributed by atoms with Gasteiger partial charge < -0.3 is 14.7 Å². The summed E-state index contributed by atoms with van der Waals surface area (Å²) in [5, 5.41) is 9.90. The predicted molar refractivity (Wildman–Crippen MR) is 69.1 cm³/mol. The summed E-state index contributed by atoms with van der Waals surface area (Å²) in [4.78, 5) is 14.2. The molecule has 1 unspecified atom stereocenters. The molecule has 2 rings (SSSR count). The van der Waals surface area contributed by atoms with E-state index in [1.807, 2.05) is 18.7 Å². The van der Waals surface area contributed by atoms with Gasteiger partial charge in [0.05, 0.1) is 6.10 Å². The van der Waals surface area contributed by atoms with Crippen molar-refractivity contribution in [1.82, 2.24) is 4.90 Å². The fraction of sp³-hybridized carbons (Fsp3) is 0.929. The number of carbonyl (C=O) groups excluding carboxylic acids is 1. The molecular weight excluding hydrogens is 230 g/mol. The van der Waals surface area contributed by atoms with Crippen molar-refractivity contribution >= 4 is 5.91 Å². The molecule has 1 amide bonds. The van der Waals surface area contributed by atoms with Crippen molar-refractivity contribution in [3.05, 3.63) is 0 Å². The van der Waals surface area contributed by atoms with Crippen molar-refractivity contribution in [2.75, 3.05) is 26.3 Å². The molecule has 0 aliphatic carbocycles. The largest absolute Gasteiger partial charge is 0.392 e. The Morgan fingerprint density at radius 2 is 2.00 bits per heavy atom. The Morgan fingerprint density at radius 1 is 1.33 bits per heavy atom. The van der Waals surface area contributed by atoms with Crippen LogP contribution in [-0.2, 0) is 9.53 Å². The Labute approximate surface area is 109 Å². The molecule has 0 radical (unpaired) electrons. The first-order chi connectivity index (χ1) is 8.49. The number of hydrogen-bond acceptors (Lipinski definition) is 3. The maximum atomic E-state index is 12.3. The fourth-order valence-electron chi connectivity index (χ4n) is 2.88. The van der Waals surface area contributed by atoms with E-state index in [0.717, 1.165) is 26.1 Å². The Morgan fingerprint density at radius 3 is 2.61 bits per heavy atom. The van der Waals surface area contributed by atoms with Gasteiger partial charge in [-0.1, -0.05) is 13.8 Å². The lowest BCUT2D eigenvalue weighted by molar-refractivity contribution is -0.139. The first kappa shape index (κ1) is 13.8. The van der Waals surface area contributed by atoms with E-state index in [4.69, 9.17) is 4.74 Å². The number of aliphatic hydroxyl groups excluding tert-OH is 1. The SMILES string of the molecule is CC1(C)CN(C(=O)CC2CCOCC2)CCC1O. The van der Waals surface area contributed by atoms with E-state index in [2.05, 4.69) is 0 Å². The van der Waals surface area contributed by atoms with Crippen LogP contribution in [0.3, 0.4) is 0 Å². The standard InChI is InChI=1S/C14H25NO3/c1-14(2)10-15(6-3-12(14)16)13(17)9-11-4-7-18-8-5-11/h11-12,16H,3-10H2,1-2H3. The Balaban J connectivity index is 1.85.